The molecule has 0 fully saturated rings. The average molecular weight is 436 g/mol. The summed E-state index contributed by atoms with van der Waals surface area (Å²) in [7, 11) is -3.27. The number of phenolic OH excluding ortho intramolecular Hbond substituents is 2. The Balaban J connectivity index is 1.71. The van der Waals surface area contributed by atoms with Crippen molar-refractivity contribution in [1.82, 2.24) is 0 Å². The number of hydrogen-bond donors (Lipinski definition) is 2. The molecule has 0 amide bonds. The first-order valence-electron chi connectivity index (χ1n) is 10.7. The minimum atomic E-state index is -3.27. The molecule has 4 aromatic rings. The molecule has 0 unspecified atom stereocenters. The molecule has 3 nitrogen and oxygen atoms in total. The van der Waals surface area contributed by atoms with E-state index in [1.165, 1.54) is 27.6 Å². The summed E-state index contributed by atoms with van der Waals surface area (Å²) in [5.74, 6) is 0.271. The summed E-state index contributed by atoms with van der Waals surface area (Å²) in [5.41, 5.74) is 5.05. The topological polar surface area (TPSA) is 57.5 Å². The molecule has 4 aromatic carbocycles. The van der Waals surface area contributed by atoms with Crippen molar-refractivity contribution in [2.45, 2.75) is 12.8 Å². The Morgan fingerprint density at radius 1 is 0.719 bits per heavy atom. The summed E-state index contributed by atoms with van der Waals surface area (Å²) in [6.07, 6.45) is 8.48. The van der Waals surface area contributed by atoms with Crippen LogP contribution in [0.1, 0.15) is 23.1 Å². The summed E-state index contributed by atoms with van der Waals surface area (Å²) in [4.78, 5) is 0. The molecule has 2 aliphatic rings. The van der Waals surface area contributed by atoms with Gasteiger partial charge in [-0.15, -0.1) is 0 Å². The van der Waals surface area contributed by atoms with Gasteiger partial charge in [0, 0.05) is 15.9 Å². The van der Waals surface area contributed by atoms with Gasteiger partial charge >= 0.3 is 0 Å². The fraction of sp³-hybridized carbons (Fsp3) is 0.0714. The number of hydrogen-bond acceptors (Lipinski definition) is 3. The molecule has 0 saturated heterocycles. The molecule has 2 aliphatic carbocycles. The fourth-order valence-electron chi connectivity index (χ4n) is 5.03. The van der Waals surface area contributed by atoms with Gasteiger partial charge in [0.15, 0.2) is 7.14 Å². The van der Waals surface area contributed by atoms with Crippen LogP contribution in [-0.4, -0.2) is 10.2 Å². The molecule has 0 aliphatic heterocycles. The highest BCUT2D eigenvalue weighted by atomic mass is 31.2. The Labute approximate surface area is 186 Å². The zero-order valence-electron chi connectivity index (χ0n) is 17.3. The van der Waals surface area contributed by atoms with Crippen molar-refractivity contribution in [3.63, 3.8) is 0 Å². The molecule has 0 bridgehead atoms. The molecule has 0 spiro atoms. The smallest absolute Gasteiger partial charge is 0.171 e. The fourth-order valence-corrected chi connectivity index (χ4v) is 7.84. The van der Waals surface area contributed by atoms with Crippen molar-refractivity contribution < 1.29 is 14.8 Å². The quantitative estimate of drug-likeness (QED) is 0.432. The van der Waals surface area contributed by atoms with Crippen molar-refractivity contribution in [3.05, 3.63) is 102 Å². The zero-order chi connectivity index (χ0) is 21.9. The number of allylic oxidation sites excluding steroid dienone is 3. The van der Waals surface area contributed by atoms with Crippen molar-refractivity contribution in [2.24, 2.45) is 0 Å². The first-order chi connectivity index (χ1) is 15.6. The van der Waals surface area contributed by atoms with Gasteiger partial charge in [-0.25, -0.2) is 0 Å². The summed E-state index contributed by atoms with van der Waals surface area (Å²) in [6.45, 7) is 0. The van der Waals surface area contributed by atoms with Crippen LogP contribution in [0.25, 0.3) is 22.4 Å². The molecule has 0 saturated carbocycles. The molecule has 0 aromatic heterocycles. The van der Waals surface area contributed by atoms with Crippen LogP contribution in [0, 0.1) is 0 Å². The SMILES string of the molecule is O=P(c1ccc(O)cc1)(c1ccc(O)cc1)c1ccc2c3c4c(ccc13)C=CCC4=CC2. The maximum atomic E-state index is 15.0. The van der Waals surface area contributed by atoms with Crippen LogP contribution in [0.4, 0.5) is 0 Å². The molecule has 2 N–H and O–H groups in total. The predicted octanol–water partition coefficient (Wildman–Crippen LogP) is 5.25. The maximum Gasteiger partial charge on any atom is 0.171 e. The summed E-state index contributed by atoms with van der Waals surface area (Å²) >= 11 is 0. The Hall–Kier alpha value is -3.55. The summed E-state index contributed by atoms with van der Waals surface area (Å²) in [5, 5.41) is 24.0. The Morgan fingerprint density at radius 2 is 1.38 bits per heavy atom. The van der Waals surface area contributed by atoms with Crippen LogP contribution in [0.2, 0.25) is 0 Å². The highest BCUT2D eigenvalue weighted by molar-refractivity contribution is 7.85. The van der Waals surface area contributed by atoms with E-state index in [1.54, 1.807) is 48.5 Å². The van der Waals surface area contributed by atoms with Crippen LogP contribution < -0.4 is 15.9 Å². The molecule has 0 atom stereocenters. The van der Waals surface area contributed by atoms with E-state index in [9.17, 15) is 10.2 Å². The lowest BCUT2D eigenvalue weighted by molar-refractivity contribution is 0.475. The Morgan fingerprint density at radius 3 is 2.03 bits per heavy atom. The average Bonchev–Trinajstić information content (AvgIpc) is 2.83. The van der Waals surface area contributed by atoms with Gasteiger partial charge < -0.3 is 14.8 Å². The van der Waals surface area contributed by atoms with E-state index in [1.807, 2.05) is 6.07 Å². The first kappa shape index (κ1) is 19.2. The lowest BCUT2D eigenvalue weighted by Gasteiger charge is -2.27. The zero-order valence-corrected chi connectivity index (χ0v) is 18.2. The van der Waals surface area contributed by atoms with Gasteiger partial charge in [-0.05, 0) is 100 Å². The van der Waals surface area contributed by atoms with E-state index in [0.29, 0.717) is 10.6 Å². The second kappa shape index (κ2) is 6.98. The van der Waals surface area contributed by atoms with Gasteiger partial charge in [0.05, 0.1) is 0 Å². The maximum absolute atomic E-state index is 15.0. The van der Waals surface area contributed by atoms with Gasteiger partial charge in [-0.2, -0.15) is 0 Å². The monoisotopic (exact) mass is 436 g/mol. The molecular formula is C28H21O3P. The highest BCUT2D eigenvalue weighted by Gasteiger charge is 2.33. The minimum absolute atomic E-state index is 0.135. The van der Waals surface area contributed by atoms with Gasteiger partial charge in [0.25, 0.3) is 0 Å². The van der Waals surface area contributed by atoms with Crippen molar-refractivity contribution >= 4 is 45.5 Å². The van der Waals surface area contributed by atoms with Gasteiger partial charge in [-0.3, -0.25) is 0 Å². The second-order valence-corrected chi connectivity index (χ2v) is 11.1. The van der Waals surface area contributed by atoms with Crippen LogP contribution >= 0.6 is 7.14 Å². The lowest BCUT2D eigenvalue weighted by Crippen LogP contribution is -2.26. The lowest BCUT2D eigenvalue weighted by atomic mass is 9.81. The van der Waals surface area contributed by atoms with Crippen LogP contribution in [0.3, 0.4) is 0 Å². The molecule has 6 rings (SSSR count). The van der Waals surface area contributed by atoms with Crippen molar-refractivity contribution in [2.75, 3.05) is 0 Å². The van der Waals surface area contributed by atoms with E-state index in [0.717, 1.165) is 23.5 Å². The van der Waals surface area contributed by atoms with Gasteiger partial charge in [0.2, 0.25) is 0 Å². The molecular weight excluding hydrogens is 415 g/mol. The van der Waals surface area contributed by atoms with Gasteiger partial charge in [0.1, 0.15) is 11.5 Å². The van der Waals surface area contributed by atoms with Crippen LogP contribution in [-0.2, 0) is 11.0 Å². The third-order valence-electron chi connectivity index (χ3n) is 6.57. The number of phenols is 2. The van der Waals surface area contributed by atoms with E-state index < -0.39 is 7.14 Å². The molecule has 4 heteroatoms. The molecule has 32 heavy (non-hydrogen) atoms. The van der Waals surface area contributed by atoms with Crippen LogP contribution in [0.15, 0.2) is 84.9 Å². The molecule has 0 heterocycles. The summed E-state index contributed by atoms with van der Waals surface area (Å²) in [6, 6.07) is 21.6. The van der Waals surface area contributed by atoms with Gasteiger partial charge in [-0.1, -0.05) is 36.4 Å². The largest absolute Gasteiger partial charge is 0.508 e. The standard InChI is InChI=1S/C28H21O3P/c29-21-8-12-23(13-9-21)32(31,24-14-10-22(30)11-15-24)26-17-7-20-5-4-18-2-1-3-19-6-16-25(26)28(20)27(18)19/h1,3-4,6-17,29-30H,2,5H2. The minimum Gasteiger partial charge on any atom is -0.508 e. The van der Waals surface area contributed by atoms with E-state index in [-0.39, 0.29) is 11.5 Å². The third kappa shape index (κ3) is 2.71. The number of aromatic hydroxyl groups is 2. The predicted molar refractivity (Wildman–Crippen MR) is 132 cm³/mol. The van der Waals surface area contributed by atoms with E-state index >= 15 is 4.57 Å². The van der Waals surface area contributed by atoms with Crippen molar-refractivity contribution in [1.29, 1.82) is 0 Å². The van der Waals surface area contributed by atoms with E-state index in [2.05, 4.69) is 36.4 Å². The molecule has 156 valence electrons. The molecule has 0 radical (unpaired) electrons. The first-order valence-corrected chi connectivity index (χ1v) is 12.4. The second-order valence-electron chi connectivity index (χ2n) is 8.38. The normalized spacial score (nSPS) is 14.4. The number of benzene rings is 4. The van der Waals surface area contributed by atoms with Crippen LogP contribution in [0.5, 0.6) is 11.5 Å². The Kier molecular flexibility index (Phi) is 4.18. The highest BCUT2D eigenvalue weighted by Crippen LogP contribution is 2.48. The van der Waals surface area contributed by atoms with E-state index in [4.69, 9.17) is 0 Å². The third-order valence-corrected chi connectivity index (χ3v) is 9.69. The Bertz CT molecular complexity index is 1440. The van der Waals surface area contributed by atoms with Crippen molar-refractivity contribution in [3.8, 4) is 11.5 Å². The number of rotatable bonds is 3. The summed E-state index contributed by atoms with van der Waals surface area (Å²) < 4.78 is 15.0.